The second-order valence-corrected chi connectivity index (χ2v) is 2.48. The smallest absolute Gasteiger partial charge is 0.110 e. The van der Waals surface area contributed by atoms with Crippen LogP contribution in [0.1, 0.15) is 20.8 Å². The molecule has 0 unspecified atom stereocenters. The maximum Gasteiger partial charge on any atom is 0.110 e. The van der Waals surface area contributed by atoms with Crippen molar-refractivity contribution in [3.05, 3.63) is 11.5 Å². The average Bonchev–Trinajstić information content (AvgIpc) is 1.63. The van der Waals surface area contributed by atoms with E-state index in [0.717, 1.165) is 0 Å². The first-order valence-corrected chi connectivity index (χ1v) is 3.09. The van der Waals surface area contributed by atoms with Gasteiger partial charge in [-0.25, -0.2) is 4.99 Å². The molecule has 1 N–H and O–H groups in total. The fourth-order valence-electron chi connectivity index (χ4n) is 0.324. The summed E-state index contributed by atoms with van der Waals surface area (Å²) in [5.74, 6) is 0.239. The first-order chi connectivity index (χ1) is 4.04. The van der Waals surface area contributed by atoms with Gasteiger partial charge in [0, 0.05) is 0 Å². The summed E-state index contributed by atoms with van der Waals surface area (Å²) in [4.78, 5) is 3.89. The van der Waals surface area contributed by atoms with Crippen molar-refractivity contribution in [3.8, 4) is 0 Å². The lowest BCUT2D eigenvalue weighted by Crippen LogP contribution is -1.81. The molecular formula is C6H11NOS. The van der Waals surface area contributed by atoms with Crippen LogP contribution in [0.5, 0.6) is 0 Å². The highest BCUT2D eigenvalue weighted by Crippen LogP contribution is 2.01. The Morgan fingerprint density at radius 2 is 1.78 bits per heavy atom. The van der Waals surface area contributed by atoms with Crippen LogP contribution in [0.2, 0.25) is 0 Å². The lowest BCUT2D eigenvalue weighted by molar-refractivity contribution is 0.406. The molecule has 3 heteroatoms. The maximum atomic E-state index is 8.81. The van der Waals surface area contributed by atoms with Crippen LogP contribution < -0.4 is 0 Å². The minimum atomic E-state index is 0.239. The number of rotatable bonds is 1. The van der Waals surface area contributed by atoms with E-state index in [1.165, 1.54) is 0 Å². The van der Waals surface area contributed by atoms with Crippen LogP contribution in [-0.2, 0) is 0 Å². The molecule has 0 atom stereocenters. The molecule has 0 saturated heterocycles. The molecule has 0 saturated carbocycles. The van der Waals surface area contributed by atoms with Gasteiger partial charge in [-0.1, -0.05) is 0 Å². The van der Waals surface area contributed by atoms with E-state index in [2.05, 4.69) is 17.6 Å². The third-order valence-corrected chi connectivity index (χ3v) is 0.953. The number of thiol groups is 1. The molecule has 0 spiro atoms. The van der Waals surface area contributed by atoms with Gasteiger partial charge in [-0.05, 0) is 20.8 Å². The molecule has 0 aromatic rings. The van der Waals surface area contributed by atoms with Crippen molar-refractivity contribution in [1.29, 1.82) is 0 Å². The summed E-state index contributed by atoms with van der Waals surface area (Å²) in [5.41, 5.74) is 0.613. The molecule has 0 fully saturated rings. The van der Waals surface area contributed by atoms with Crippen LogP contribution in [0.3, 0.4) is 0 Å². The zero-order valence-corrected chi connectivity index (χ0v) is 6.74. The van der Waals surface area contributed by atoms with Gasteiger partial charge >= 0.3 is 0 Å². The molecule has 9 heavy (non-hydrogen) atoms. The molecule has 0 aliphatic heterocycles. The molecule has 0 aliphatic rings. The Bertz CT molecular complexity index is 152. The first-order valence-electron chi connectivity index (χ1n) is 2.64. The minimum absolute atomic E-state index is 0.239. The fraction of sp³-hybridized carbons (Fsp3) is 0.500. The Hall–Kier alpha value is -0.440. The highest BCUT2D eigenvalue weighted by Gasteiger charge is 1.88. The molecule has 0 aromatic carbocycles. The summed E-state index contributed by atoms with van der Waals surface area (Å²) in [6, 6.07) is 0. The molecule has 52 valence electrons. The Morgan fingerprint density at radius 1 is 1.33 bits per heavy atom. The number of hydrogen-bond donors (Lipinski definition) is 2. The van der Waals surface area contributed by atoms with Crippen LogP contribution >= 0.6 is 12.6 Å². The van der Waals surface area contributed by atoms with Crippen molar-refractivity contribution in [2.75, 3.05) is 0 Å². The number of aliphatic hydroxyl groups is 1. The molecule has 0 aromatic heterocycles. The van der Waals surface area contributed by atoms with E-state index in [9.17, 15) is 0 Å². The van der Waals surface area contributed by atoms with Gasteiger partial charge in [0.15, 0.2) is 0 Å². The first kappa shape index (κ1) is 8.56. The largest absolute Gasteiger partial charge is 0.511 e. The van der Waals surface area contributed by atoms with Crippen molar-refractivity contribution in [2.45, 2.75) is 20.8 Å². The van der Waals surface area contributed by atoms with Crippen molar-refractivity contribution >= 4 is 17.7 Å². The fourth-order valence-corrected chi connectivity index (χ4v) is 0.474. The Labute approximate surface area is 60.7 Å². The third kappa shape index (κ3) is 4.09. The van der Waals surface area contributed by atoms with Crippen LogP contribution in [0, 0.1) is 0 Å². The lowest BCUT2D eigenvalue weighted by atomic mass is 10.4. The minimum Gasteiger partial charge on any atom is -0.511 e. The SMILES string of the molecule is CC(O)=C(C)/N=C(/C)S. The van der Waals surface area contributed by atoms with Gasteiger partial charge in [0.25, 0.3) is 0 Å². The van der Waals surface area contributed by atoms with Crippen molar-refractivity contribution in [1.82, 2.24) is 0 Å². The van der Waals surface area contributed by atoms with E-state index < -0.39 is 0 Å². The van der Waals surface area contributed by atoms with Crippen molar-refractivity contribution in [3.63, 3.8) is 0 Å². The highest BCUT2D eigenvalue weighted by molar-refractivity contribution is 7.96. The molecule has 0 aliphatic carbocycles. The third-order valence-electron chi connectivity index (χ3n) is 0.853. The Balaban J connectivity index is 4.25. The summed E-state index contributed by atoms with van der Waals surface area (Å²) >= 11 is 3.94. The maximum absolute atomic E-state index is 8.81. The average molecular weight is 145 g/mol. The van der Waals surface area contributed by atoms with Gasteiger partial charge in [-0.15, -0.1) is 12.6 Å². The predicted molar refractivity (Wildman–Crippen MR) is 43.1 cm³/mol. The Morgan fingerprint density at radius 3 is 1.89 bits per heavy atom. The normalized spacial score (nSPS) is 15.3. The van der Waals surface area contributed by atoms with Gasteiger partial charge in [0.1, 0.15) is 5.76 Å². The summed E-state index contributed by atoms with van der Waals surface area (Å²) in [7, 11) is 0. The van der Waals surface area contributed by atoms with Gasteiger partial charge in [0.05, 0.1) is 10.7 Å². The van der Waals surface area contributed by atoms with E-state index >= 15 is 0 Å². The molecular weight excluding hydrogens is 134 g/mol. The van der Waals surface area contributed by atoms with E-state index in [0.29, 0.717) is 10.7 Å². The highest BCUT2D eigenvalue weighted by atomic mass is 32.1. The topological polar surface area (TPSA) is 32.6 Å². The summed E-state index contributed by atoms with van der Waals surface area (Å²) in [6.45, 7) is 5.08. The molecule has 0 heterocycles. The number of allylic oxidation sites excluding steroid dienone is 2. The van der Waals surface area contributed by atoms with Crippen LogP contribution in [-0.4, -0.2) is 10.2 Å². The summed E-state index contributed by atoms with van der Waals surface area (Å²) in [6.07, 6.45) is 0. The van der Waals surface area contributed by atoms with Crippen LogP contribution in [0.15, 0.2) is 16.4 Å². The monoisotopic (exact) mass is 145 g/mol. The van der Waals surface area contributed by atoms with Crippen LogP contribution in [0.25, 0.3) is 0 Å². The second-order valence-electron chi connectivity index (χ2n) is 1.83. The molecule has 0 amide bonds. The summed E-state index contributed by atoms with van der Waals surface area (Å²) < 4.78 is 0. The Kier molecular flexibility index (Phi) is 3.39. The van der Waals surface area contributed by atoms with E-state index in [1.54, 1.807) is 20.8 Å². The van der Waals surface area contributed by atoms with E-state index in [1.807, 2.05) is 0 Å². The lowest BCUT2D eigenvalue weighted by Gasteiger charge is -1.93. The molecule has 0 rings (SSSR count). The standard InChI is InChI=1S/C6H11NOS/c1-4(5(2)8)7-6(3)9/h8H,1-3H3,(H,7,9). The van der Waals surface area contributed by atoms with E-state index in [4.69, 9.17) is 5.11 Å². The number of hydrogen-bond acceptors (Lipinski definition) is 2. The zero-order chi connectivity index (χ0) is 7.44. The van der Waals surface area contributed by atoms with Gasteiger partial charge in [-0.2, -0.15) is 0 Å². The summed E-state index contributed by atoms with van der Waals surface area (Å²) in [5, 5.41) is 9.46. The van der Waals surface area contributed by atoms with Gasteiger partial charge < -0.3 is 5.11 Å². The van der Waals surface area contributed by atoms with Gasteiger partial charge in [0.2, 0.25) is 0 Å². The van der Waals surface area contributed by atoms with Gasteiger partial charge in [-0.3, -0.25) is 0 Å². The van der Waals surface area contributed by atoms with Crippen molar-refractivity contribution < 1.29 is 5.11 Å². The quantitative estimate of drug-likeness (QED) is 0.252. The number of nitrogens with zero attached hydrogens (tertiary/aromatic N) is 1. The molecule has 0 radical (unpaired) electrons. The second kappa shape index (κ2) is 3.56. The zero-order valence-electron chi connectivity index (χ0n) is 5.84. The van der Waals surface area contributed by atoms with E-state index in [-0.39, 0.29) is 5.76 Å². The van der Waals surface area contributed by atoms with Crippen LogP contribution in [0.4, 0.5) is 0 Å². The number of aliphatic imine (C=N–C) groups is 1. The van der Waals surface area contributed by atoms with Crippen molar-refractivity contribution in [2.24, 2.45) is 4.99 Å². The number of aliphatic hydroxyl groups excluding tert-OH is 1. The molecule has 0 bridgehead atoms. The molecule has 2 nitrogen and oxygen atoms in total. The predicted octanol–water partition coefficient (Wildman–Crippen LogP) is 2.14.